The van der Waals surface area contributed by atoms with Crippen LogP contribution in [-0.2, 0) is 0 Å². The minimum atomic E-state index is -1.02. The summed E-state index contributed by atoms with van der Waals surface area (Å²) in [7, 11) is 0. The first-order valence-electron chi connectivity index (χ1n) is 5.49. The largest absolute Gasteiger partial charge is 0.478 e. The van der Waals surface area contributed by atoms with Crippen LogP contribution in [0.3, 0.4) is 0 Å². The SMILES string of the molecule is C=C/C=C(\C=C)Oc1ccc(C(=O)O)cn1.CC. The molecule has 1 N–H and O–H groups in total. The third kappa shape index (κ3) is 5.12. The van der Waals surface area contributed by atoms with E-state index < -0.39 is 5.97 Å². The first kappa shape index (κ1) is 15.6. The van der Waals surface area contributed by atoms with Crippen molar-refractivity contribution in [2.45, 2.75) is 13.8 Å². The number of carboxylic acids is 1. The molecule has 0 bridgehead atoms. The topological polar surface area (TPSA) is 59.4 Å². The summed E-state index contributed by atoms with van der Waals surface area (Å²) < 4.78 is 5.31. The molecule has 0 fully saturated rings. The van der Waals surface area contributed by atoms with Gasteiger partial charge in [-0.25, -0.2) is 9.78 Å². The number of hydrogen-bond donors (Lipinski definition) is 1. The normalized spacial score (nSPS) is 9.78. The quantitative estimate of drug-likeness (QED) is 0.639. The van der Waals surface area contributed by atoms with Crippen molar-refractivity contribution in [2.24, 2.45) is 0 Å². The molecule has 4 heteroatoms. The summed E-state index contributed by atoms with van der Waals surface area (Å²) in [5.41, 5.74) is 0.111. The van der Waals surface area contributed by atoms with Crippen LogP contribution in [0.25, 0.3) is 0 Å². The second-order valence-corrected chi connectivity index (χ2v) is 2.80. The van der Waals surface area contributed by atoms with Crippen molar-refractivity contribution < 1.29 is 14.6 Å². The summed E-state index contributed by atoms with van der Waals surface area (Å²) >= 11 is 0. The van der Waals surface area contributed by atoms with E-state index in [1.165, 1.54) is 24.4 Å². The molecule has 0 atom stereocenters. The Morgan fingerprint density at radius 3 is 2.44 bits per heavy atom. The van der Waals surface area contributed by atoms with Crippen LogP contribution in [0.4, 0.5) is 0 Å². The van der Waals surface area contributed by atoms with Gasteiger partial charge in [-0.05, 0) is 18.2 Å². The molecule has 18 heavy (non-hydrogen) atoms. The van der Waals surface area contributed by atoms with Gasteiger partial charge in [-0.15, -0.1) is 0 Å². The zero-order valence-corrected chi connectivity index (χ0v) is 10.6. The molecule has 0 saturated heterocycles. The van der Waals surface area contributed by atoms with Crippen molar-refractivity contribution in [3.63, 3.8) is 0 Å². The summed E-state index contributed by atoms with van der Waals surface area (Å²) in [6, 6.07) is 2.89. The van der Waals surface area contributed by atoms with E-state index in [4.69, 9.17) is 9.84 Å². The predicted molar refractivity (Wildman–Crippen MR) is 71.6 cm³/mol. The Labute approximate surface area is 107 Å². The second-order valence-electron chi connectivity index (χ2n) is 2.80. The molecule has 0 aliphatic rings. The molecule has 96 valence electrons. The molecule has 1 heterocycles. The van der Waals surface area contributed by atoms with Crippen molar-refractivity contribution >= 4 is 5.97 Å². The molecule has 0 aliphatic heterocycles. The van der Waals surface area contributed by atoms with Gasteiger partial charge in [0.25, 0.3) is 0 Å². The number of aromatic carboxylic acids is 1. The van der Waals surface area contributed by atoms with Gasteiger partial charge in [-0.3, -0.25) is 0 Å². The molecule has 0 amide bonds. The Morgan fingerprint density at radius 1 is 1.39 bits per heavy atom. The Morgan fingerprint density at radius 2 is 2.06 bits per heavy atom. The van der Waals surface area contributed by atoms with Crippen LogP contribution in [0, 0.1) is 0 Å². The number of allylic oxidation sites excluding steroid dienone is 3. The first-order chi connectivity index (χ1) is 8.67. The van der Waals surface area contributed by atoms with E-state index >= 15 is 0 Å². The maximum absolute atomic E-state index is 10.6. The third-order valence-corrected chi connectivity index (χ3v) is 1.69. The van der Waals surface area contributed by atoms with Crippen LogP contribution in [-0.4, -0.2) is 16.1 Å². The standard InChI is InChI=1S/C12H11NO3.C2H6/c1-3-5-10(4-2)16-11-7-6-9(8-13-11)12(14)15;1-2/h3-8H,1-2H2,(H,14,15);1-2H3/b10-5+;. The monoisotopic (exact) mass is 247 g/mol. The summed E-state index contributed by atoms with van der Waals surface area (Å²) in [4.78, 5) is 14.4. The highest BCUT2D eigenvalue weighted by atomic mass is 16.5. The van der Waals surface area contributed by atoms with E-state index in [2.05, 4.69) is 18.1 Å². The van der Waals surface area contributed by atoms with Gasteiger partial charge in [-0.2, -0.15) is 0 Å². The average molecular weight is 247 g/mol. The van der Waals surface area contributed by atoms with Gasteiger partial charge in [0, 0.05) is 12.3 Å². The molecule has 0 unspecified atom stereocenters. The van der Waals surface area contributed by atoms with Gasteiger partial charge in [0.05, 0.1) is 5.56 Å². The van der Waals surface area contributed by atoms with Gasteiger partial charge >= 0.3 is 5.97 Å². The fourth-order valence-corrected chi connectivity index (χ4v) is 0.948. The zero-order chi connectivity index (χ0) is 14.0. The number of carboxylic acid groups (broad SMARTS) is 1. The Hall–Kier alpha value is -2.36. The Kier molecular flexibility index (Phi) is 7.61. The van der Waals surface area contributed by atoms with E-state index in [0.29, 0.717) is 11.6 Å². The predicted octanol–water partition coefficient (Wildman–Crippen LogP) is 3.44. The minimum Gasteiger partial charge on any atom is -0.478 e. The lowest BCUT2D eigenvalue weighted by atomic mass is 10.3. The lowest BCUT2D eigenvalue weighted by Gasteiger charge is -2.04. The van der Waals surface area contributed by atoms with E-state index in [-0.39, 0.29) is 5.56 Å². The summed E-state index contributed by atoms with van der Waals surface area (Å²) in [5.74, 6) is -0.229. The fraction of sp³-hybridized carbons (Fsp3) is 0.143. The van der Waals surface area contributed by atoms with Gasteiger partial charge < -0.3 is 9.84 Å². The molecule has 0 saturated carbocycles. The summed E-state index contributed by atoms with van der Waals surface area (Å²) in [6.07, 6.45) is 5.92. The smallest absolute Gasteiger partial charge is 0.337 e. The lowest BCUT2D eigenvalue weighted by Crippen LogP contribution is -1.99. The molecule has 0 radical (unpaired) electrons. The van der Waals surface area contributed by atoms with Gasteiger partial charge in [0.1, 0.15) is 5.76 Å². The number of pyridine rings is 1. The molecule has 1 aromatic heterocycles. The number of rotatable bonds is 5. The van der Waals surface area contributed by atoms with E-state index in [0.717, 1.165) is 0 Å². The highest BCUT2D eigenvalue weighted by Gasteiger charge is 2.03. The van der Waals surface area contributed by atoms with E-state index in [9.17, 15) is 4.79 Å². The average Bonchev–Trinajstić information content (AvgIpc) is 2.41. The van der Waals surface area contributed by atoms with Crippen LogP contribution in [0.15, 0.2) is 55.5 Å². The molecular formula is C14H17NO3. The number of ether oxygens (including phenoxy) is 1. The molecule has 0 aliphatic carbocycles. The molecule has 0 aromatic carbocycles. The van der Waals surface area contributed by atoms with Gasteiger partial charge in [0.15, 0.2) is 0 Å². The summed E-state index contributed by atoms with van der Waals surface area (Å²) in [6.45, 7) is 11.1. The van der Waals surface area contributed by atoms with Crippen LogP contribution in [0.2, 0.25) is 0 Å². The number of nitrogens with zero attached hydrogens (tertiary/aromatic N) is 1. The highest BCUT2D eigenvalue weighted by molar-refractivity contribution is 5.87. The molecule has 1 aromatic rings. The van der Waals surface area contributed by atoms with Crippen LogP contribution in [0.5, 0.6) is 5.88 Å². The fourth-order valence-electron chi connectivity index (χ4n) is 0.948. The van der Waals surface area contributed by atoms with Crippen molar-refractivity contribution in [3.8, 4) is 5.88 Å². The molecular weight excluding hydrogens is 230 g/mol. The zero-order valence-electron chi connectivity index (χ0n) is 10.6. The Balaban J connectivity index is 0.00000137. The summed E-state index contributed by atoms with van der Waals surface area (Å²) in [5, 5.41) is 8.67. The van der Waals surface area contributed by atoms with Crippen LogP contribution < -0.4 is 4.74 Å². The van der Waals surface area contributed by atoms with Crippen molar-refractivity contribution in [1.82, 2.24) is 4.98 Å². The van der Waals surface area contributed by atoms with Gasteiger partial charge in [-0.1, -0.05) is 33.1 Å². The number of hydrogen-bond acceptors (Lipinski definition) is 3. The van der Waals surface area contributed by atoms with Gasteiger partial charge in [0.2, 0.25) is 5.88 Å². The molecule has 0 spiro atoms. The van der Waals surface area contributed by atoms with Crippen LogP contribution >= 0.6 is 0 Å². The Bertz CT molecular complexity index is 433. The number of carbonyl (C=O) groups is 1. The van der Waals surface area contributed by atoms with Crippen molar-refractivity contribution in [1.29, 1.82) is 0 Å². The molecule has 4 nitrogen and oxygen atoms in total. The lowest BCUT2D eigenvalue weighted by molar-refractivity contribution is 0.0696. The third-order valence-electron chi connectivity index (χ3n) is 1.69. The molecule has 1 rings (SSSR count). The highest BCUT2D eigenvalue weighted by Crippen LogP contribution is 2.11. The van der Waals surface area contributed by atoms with Crippen LogP contribution in [0.1, 0.15) is 24.2 Å². The second kappa shape index (κ2) is 8.75. The maximum atomic E-state index is 10.6. The number of aromatic nitrogens is 1. The van der Waals surface area contributed by atoms with E-state index in [1.54, 1.807) is 12.2 Å². The first-order valence-corrected chi connectivity index (χ1v) is 5.49. The maximum Gasteiger partial charge on any atom is 0.337 e. The van der Waals surface area contributed by atoms with Crippen molar-refractivity contribution in [2.75, 3.05) is 0 Å². The van der Waals surface area contributed by atoms with Crippen molar-refractivity contribution in [3.05, 3.63) is 61.0 Å². The van der Waals surface area contributed by atoms with E-state index in [1.807, 2.05) is 13.8 Å². The minimum absolute atomic E-state index is 0.111.